The van der Waals surface area contributed by atoms with Crippen molar-refractivity contribution in [2.45, 2.75) is 44.4 Å². The second-order valence-corrected chi connectivity index (χ2v) is 7.29. The highest BCUT2D eigenvalue weighted by Crippen LogP contribution is 2.32. The molecule has 2 heterocycles. The fourth-order valence-corrected chi connectivity index (χ4v) is 3.67. The molecule has 2 atom stereocenters. The summed E-state index contributed by atoms with van der Waals surface area (Å²) in [5.41, 5.74) is 1.40. The van der Waals surface area contributed by atoms with Gasteiger partial charge < -0.3 is 9.30 Å². The summed E-state index contributed by atoms with van der Waals surface area (Å²) in [6.07, 6.45) is 9.17. The van der Waals surface area contributed by atoms with E-state index in [0.717, 1.165) is 44.3 Å². The van der Waals surface area contributed by atoms with Gasteiger partial charge in [0.2, 0.25) is 0 Å². The second kappa shape index (κ2) is 7.08. The van der Waals surface area contributed by atoms with Crippen LogP contribution in [0.1, 0.15) is 30.7 Å². The Bertz CT molecular complexity index is 650. The standard InChI is InChI=1S/C20H27N3O/c1-22-12-10-21-20(22)14-23-11-9-19(24-15-17-7-8-17)18(23)13-16-5-3-2-4-6-16/h2-6,10,12,17-19H,7-9,11,13-15H2,1H3/t18-,19+/m0/s1. The molecule has 1 aliphatic heterocycles. The van der Waals surface area contributed by atoms with Crippen molar-refractivity contribution in [1.29, 1.82) is 0 Å². The van der Waals surface area contributed by atoms with E-state index in [-0.39, 0.29) is 0 Å². The minimum Gasteiger partial charge on any atom is -0.376 e. The van der Waals surface area contributed by atoms with E-state index in [0.29, 0.717) is 12.1 Å². The molecule has 4 heteroatoms. The average Bonchev–Trinajstić information content (AvgIpc) is 3.24. The maximum absolute atomic E-state index is 6.32. The SMILES string of the molecule is Cn1ccnc1CN1CC[C@@H](OCC2CC2)[C@@H]1Cc1ccccc1. The Morgan fingerprint density at radius 1 is 1.17 bits per heavy atom. The third kappa shape index (κ3) is 3.70. The number of likely N-dealkylation sites (tertiary alicyclic amines) is 1. The molecule has 0 N–H and O–H groups in total. The maximum atomic E-state index is 6.32. The monoisotopic (exact) mass is 325 g/mol. The molecule has 0 unspecified atom stereocenters. The number of imidazole rings is 1. The zero-order valence-electron chi connectivity index (χ0n) is 14.5. The lowest BCUT2D eigenvalue weighted by atomic mass is 10.0. The summed E-state index contributed by atoms with van der Waals surface area (Å²) in [5, 5.41) is 0. The zero-order valence-corrected chi connectivity index (χ0v) is 14.5. The topological polar surface area (TPSA) is 30.3 Å². The van der Waals surface area contributed by atoms with Gasteiger partial charge in [-0.2, -0.15) is 0 Å². The number of ether oxygens (including phenoxy) is 1. The Morgan fingerprint density at radius 2 is 2.00 bits per heavy atom. The van der Waals surface area contributed by atoms with Crippen molar-refractivity contribution in [2.24, 2.45) is 13.0 Å². The fraction of sp³-hybridized carbons (Fsp3) is 0.550. The van der Waals surface area contributed by atoms with Gasteiger partial charge in [-0.3, -0.25) is 4.90 Å². The third-order valence-corrected chi connectivity index (χ3v) is 5.40. The zero-order chi connectivity index (χ0) is 16.4. The molecule has 4 nitrogen and oxygen atoms in total. The summed E-state index contributed by atoms with van der Waals surface area (Å²) in [4.78, 5) is 7.07. The first-order chi connectivity index (χ1) is 11.8. The molecule has 1 aliphatic carbocycles. The molecule has 2 aliphatic rings. The molecular formula is C20H27N3O. The van der Waals surface area contributed by atoms with Crippen molar-refractivity contribution in [3.63, 3.8) is 0 Å². The quantitative estimate of drug-likeness (QED) is 0.784. The van der Waals surface area contributed by atoms with E-state index in [1.165, 1.54) is 18.4 Å². The van der Waals surface area contributed by atoms with Crippen molar-refractivity contribution < 1.29 is 4.74 Å². The van der Waals surface area contributed by atoms with Crippen molar-refractivity contribution >= 4 is 0 Å². The first kappa shape index (κ1) is 15.9. The minimum atomic E-state index is 0.353. The van der Waals surface area contributed by atoms with Gasteiger partial charge in [0.1, 0.15) is 5.82 Å². The van der Waals surface area contributed by atoms with Crippen LogP contribution in [0.15, 0.2) is 42.7 Å². The number of aryl methyl sites for hydroxylation is 1. The molecular weight excluding hydrogens is 298 g/mol. The number of hydrogen-bond acceptors (Lipinski definition) is 3. The van der Waals surface area contributed by atoms with Crippen LogP contribution in [0.2, 0.25) is 0 Å². The van der Waals surface area contributed by atoms with Crippen LogP contribution in [-0.2, 0) is 24.8 Å². The van der Waals surface area contributed by atoms with Crippen molar-refractivity contribution in [2.75, 3.05) is 13.2 Å². The van der Waals surface area contributed by atoms with E-state index in [1.54, 1.807) is 0 Å². The average molecular weight is 325 g/mol. The highest BCUT2D eigenvalue weighted by Gasteiger charge is 2.36. The third-order valence-electron chi connectivity index (χ3n) is 5.40. The Labute approximate surface area is 144 Å². The van der Waals surface area contributed by atoms with Gasteiger partial charge in [0.25, 0.3) is 0 Å². The van der Waals surface area contributed by atoms with Crippen LogP contribution < -0.4 is 0 Å². The molecule has 1 aromatic heterocycles. The normalized spacial score (nSPS) is 24.5. The van der Waals surface area contributed by atoms with Gasteiger partial charge in [0.05, 0.1) is 12.6 Å². The Balaban J connectivity index is 1.47. The molecule has 4 rings (SSSR count). The molecule has 128 valence electrons. The van der Waals surface area contributed by atoms with Crippen LogP contribution >= 0.6 is 0 Å². The number of aromatic nitrogens is 2. The van der Waals surface area contributed by atoms with Crippen LogP contribution in [0.25, 0.3) is 0 Å². The largest absolute Gasteiger partial charge is 0.376 e. The van der Waals surface area contributed by atoms with Gasteiger partial charge in [0, 0.05) is 38.6 Å². The highest BCUT2D eigenvalue weighted by molar-refractivity contribution is 5.17. The lowest BCUT2D eigenvalue weighted by Gasteiger charge is -2.28. The molecule has 0 amide bonds. The van der Waals surface area contributed by atoms with Gasteiger partial charge >= 0.3 is 0 Å². The lowest BCUT2D eigenvalue weighted by molar-refractivity contribution is 0.0192. The summed E-state index contributed by atoms with van der Waals surface area (Å²) < 4.78 is 8.45. The summed E-state index contributed by atoms with van der Waals surface area (Å²) >= 11 is 0. The van der Waals surface area contributed by atoms with E-state index in [2.05, 4.69) is 51.8 Å². The number of rotatable bonds is 7. The van der Waals surface area contributed by atoms with Gasteiger partial charge in [-0.1, -0.05) is 30.3 Å². The van der Waals surface area contributed by atoms with Gasteiger partial charge in [-0.05, 0) is 37.2 Å². The van der Waals surface area contributed by atoms with Gasteiger partial charge in [0.15, 0.2) is 0 Å². The fourth-order valence-electron chi connectivity index (χ4n) is 3.67. The summed E-state index contributed by atoms with van der Waals surface area (Å²) in [5.74, 6) is 1.96. The molecule has 24 heavy (non-hydrogen) atoms. The Kier molecular flexibility index (Phi) is 4.67. The first-order valence-corrected chi connectivity index (χ1v) is 9.15. The number of benzene rings is 1. The van der Waals surface area contributed by atoms with Gasteiger partial charge in [-0.15, -0.1) is 0 Å². The summed E-state index contributed by atoms with van der Waals surface area (Å²) in [7, 11) is 2.08. The molecule has 2 aromatic rings. The van der Waals surface area contributed by atoms with E-state index >= 15 is 0 Å². The highest BCUT2D eigenvalue weighted by atomic mass is 16.5. The number of hydrogen-bond donors (Lipinski definition) is 0. The molecule has 1 aromatic carbocycles. The van der Waals surface area contributed by atoms with Crippen LogP contribution in [0, 0.1) is 5.92 Å². The van der Waals surface area contributed by atoms with Crippen LogP contribution in [0.4, 0.5) is 0 Å². The van der Waals surface area contributed by atoms with Gasteiger partial charge in [-0.25, -0.2) is 4.98 Å². The predicted octanol–water partition coefficient (Wildman–Crippen LogP) is 3.03. The molecule has 2 fully saturated rings. The minimum absolute atomic E-state index is 0.353. The molecule has 0 spiro atoms. The first-order valence-electron chi connectivity index (χ1n) is 9.15. The smallest absolute Gasteiger partial charge is 0.122 e. The van der Waals surface area contributed by atoms with Crippen molar-refractivity contribution in [3.05, 3.63) is 54.1 Å². The molecule has 0 bridgehead atoms. The lowest BCUT2D eigenvalue weighted by Crippen LogP contribution is -2.38. The second-order valence-electron chi connectivity index (χ2n) is 7.29. The maximum Gasteiger partial charge on any atom is 0.122 e. The summed E-state index contributed by atoms with van der Waals surface area (Å²) in [6.45, 7) is 2.95. The predicted molar refractivity (Wildman–Crippen MR) is 94.6 cm³/mol. The molecule has 1 saturated carbocycles. The van der Waals surface area contributed by atoms with Crippen molar-refractivity contribution in [3.8, 4) is 0 Å². The van der Waals surface area contributed by atoms with E-state index in [4.69, 9.17) is 4.74 Å². The van der Waals surface area contributed by atoms with Crippen LogP contribution in [0.3, 0.4) is 0 Å². The van der Waals surface area contributed by atoms with Crippen LogP contribution in [0.5, 0.6) is 0 Å². The Morgan fingerprint density at radius 3 is 2.71 bits per heavy atom. The number of nitrogens with zero attached hydrogens (tertiary/aromatic N) is 3. The molecule has 1 saturated heterocycles. The van der Waals surface area contributed by atoms with E-state index < -0.39 is 0 Å². The Hall–Kier alpha value is -1.65. The summed E-state index contributed by atoms with van der Waals surface area (Å²) in [6, 6.07) is 11.3. The van der Waals surface area contributed by atoms with Crippen molar-refractivity contribution in [1.82, 2.24) is 14.5 Å². The molecule has 0 radical (unpaired) electrons. The van der Waals surface area contributed by atoms with E-state index in [9.17, 15) is 0 Å². The van der Waals surface area contributed by atoms with Crippen LogP contribution in [-0.4, -0.2) is 39.7 Å². The van der Waals surface area contributed by atoms with E-state index in [1.807, 2.05) is 12.4 Å².